The molecule has 2 rings (SSSR count). The normalized spacial score (nSPS) is 18.2. The highest BCUT2D eigenvalue weighted by Gasteiger charge is 2.12. The third kappa shape index (κ3) is 3.03. The molecule has 0 radical (unpaired) electrons. The van der Waals surface area contributed by atoms with Crippen molar-refractivity contribution in [2.24, 2.45) is 0 Å². The van der Waals surface area contributed by atoms with E-state index in [4.69, 9.17) is 0 Å². The van der Waals surface area contributed by atoms with E-state index in [0.29, 0.717) is 0 Å². The zero-order valence-corrected chi connectivity index (χ0v) is 10.3. The number of likely N-dealkylation sites (tertiary alicyclic amines) is 1. The molecule has 1 aromatic heterocycles. The van der Waals surface area contributed by atoms with Crippen LogP contribution in [0.1, 0.15) is 29.7 Å². The summed E-state index contributed by atoms with van der Waals surface area (Å²) in [4.78, 5) is 4.09. The Balaban J connectivity index is 1.93. The fraction of sp³-hybridized carbons (Fsp3) is 0.667. The lowest BCUT2D eigenvalue weighted by molar-refractivity contribution is 0.220. The molecule has 0 unspecified atom stereocenters. The summed E-state index contributed by atoms with van der Waals surface area (Å²) in [7, 11) is 2.02. The van der Waals surface area contributed by atoms with Crippen LogP contribution in [-0.4, -0.2) is 25.0 Å². The summed E-state index contributed by atoms with van der Waals surface area (Å²) in [6.07, 6.45) is 4.18. The molecule has 1 aromatic rings. The largest absolute Gasteiger partial charge is 0.315 e. The Morgan fingerprint density at radius 2 is 2.13 bits per heavy atom. The molecule has 2 nitrogen and oxygen atoms in total. The van der Waals surface area contributed by atoms with Crippen molar-refractivity contribution >= 4 is 11.3 Å². The molecule has 1 aliphatic rings. The number of thiophene rings is 1. The van der Waals surface area contributed by atoms with Crippen LogP contribution in [0.4, 0.5) is 0 Å². The lowest BCUT2D eigenvalue weighted by atomic mass is 10.1. The molecule has 1 aliphatic heterocycles. The number of rotatable bonds is 4. The summed E-state index contributed by atoms with van der Waals surface area (Å²) in [6.45, 7) is 4.74. The van der Waals surface area contributed by atoms with E-state index in [9.17, 15) is 0 Å². The van der Waals surface area contributed by atoms with Gasteiger partial charge in [0.1, 0.15) is 0 Å². The van der Waals surface area contributed by atoms with Crippen LogP contribution >= 0.6 is 11.3 Å². The average molecular weight is 224 g/mol. The van der Waals surface area contributed by atoms with Crippen LogP contribution in [0.3, 0.4) is 0 Å². The van der Waals surface area contributed by atoms with Crippen molar-refractivity contribution in [1.82, 2.24) is 10.2 Å². The van der Waals surface area contributed by atoms with Crippen molar-refractivity contribution < 1.29 is 0 Å². The molecule has 3 heteroatoms. The predicted octanol–water partition coefficient (Wildman–Crippen LogP) is 2.45. The maximum atomic E-state index is 3.24. The van der Waals surface area contributed by atoms with Gasteiger partial charge in [0, 0.05) is 18.0 Å². The van der Waals surface area contributed by atoms with Crippen LogP contribution in [0.5, 0.6) is 0 Å². The van der Waals surface area contributed by atoms with Gasteiger partial charge in [0.25, 0.3) is 0 Å². The Kier molecular flexibility index (Phi) is 4.18. The minimum atomic E-state index is 1.01. The molecule has 2 heterocycles. The molecule has 0 atom stereocenters. The molecule has 1 N–H and O–H groups in total. The molecule has 1 fully saturated rings. The van der Waals surface area contributed by atoms with Gasteiger partial charge in [0.2, 0.25) is 0 Å². The van der Waals surface area contributed by atoms with Gasteiger partial charge in [-0.3, -0.25) is 4.90 Å². The molecular formula is C12H20N2S. The lowest BCUT2D eigenvalue weighted by Crippen LogP contribution is -2.29. The summed E-state index contributed by atoms with van der Waals surface area (Å²) in [5.74, 6) is 0. The number of nitrogens with one attached hydrogen (secondary N) is 1. The summed E-state index contributed by atoms with van der Waals surface area (Å²) in [6, 6.07) is 2.28. The van der Waals surface area contributed by atoms with E-state index in [0.717, 1.165) is 13.1 Å². The zero-order chi connectivity index (χ0) is 10.5. The van der Waals surface area contributed by atoms with Gasteiger partial charge in [-0.05, 0) is 50.0 Å². The van der Waals surface area contributed by atoms with Gasteiger partial charge in [-0.2, -0.15) is 0 Å². The average Bonchev–Trinajstić information content (AvgIpc) is 2.68. The smallest absolute Gasteiger partial charge is 0.0299 e. The predicted molar refractivity (Wildman–Crippen MR) is 66.2 cm³/mol. The van der Waals surface area contributed by atoms with Gasteiger partial charge in [-0.1, -0.05) is 6.42 Å². The monoisotopic (exact) mass is 224 g/mol. The minimum absolute atomic E-state index is 1.01. The Hall–Kier alpha value is -0.380. The van der Waals surface area contributed by atoms with Crippen molar-refractivity contribution in [1.29, 1.82) is 0 Å². The van der Waals surface area contributed by atoms with Crippen LogP contribution in [0.2, 0.25) is 0 Å². The molecule has 84 valence electrons. The van der Waals surface area contributed by atoms with E-state index < -0.39 is 0 Å². The molecule has 0 aliphatic carbocycles. The molecular weight excluding hydrogens is 204 g/mol. The molecule has 0 bridgehead atoms. The second-order valence-corrected chi connectivity index (χ2v) is 5.24. The van der Waals surface area contributed by atoms with E-state index in [1.165, 1.54) is 42.8 Å². The van der Waals surface area contributed by atoms with Gasteiger partial charge in [0.15, 0.2) is 0 Å². The Labute approximate surface area is 96.3 Å². The van der Waals surface area contributed by atoms with Gasteiger partial charge in [0.05, 0.1) is 0 Å². The maximum Gasteiger partial charge on any atom is 0.0299 e. The summed E-state index contributed by atoms with van der Waals surface area (Å²) < 4.78 is 0. The van der Waals surface area contributed by atoms with Crippen molar-refractivity contribution in [3.8, 4) is 0 Å². The van der Waals surface area contributed by atoms with Gasteiger partial charge < -0.3 is 5.32 Å². The van der Waals surface area contributed by atoms with Crippen LogP contribution < -0.4 is 5.32 Å². The van der Waals surface area contributed by atoms with Crippen molar-refractivity contribution in [2.45, 2.75) is 32.4 Å². The molecule has 0 amide bonds. The number of hydrogen-bond donors (Lipinski definition) is 1. The van der Waals surface area contributed by atoms with Gasteiger partial charge >= 0.3 is 0 Å². The first kappa shape index (κ1) is 11.1. The first-order chi connectivity index (χ1) is 7.40. The highest BCUT2D eigenvalue weighted by Crippen LogP contribution is 2.20. The van der Waals surface area contributed by atoms with E-state index in [2.05, 4.69) is 21.7 Å². The first-order valence-electron chi connectivity index (χ1n) is 5.82. The Bertz CT molecular complexity index is 290. The molecule has 0 spiro atoms. The number of piperidine rings is 1. The summed E-state index contributed by atoms with van der Waals surface area (Å²) in [5.41, 5.74) is 1.52. The van der Waals surface area contributed by atoms with E-state index in [1.54, 1.807) is 0 Å². The van der Waals surface area contributed by atoms with Crippen LogP contribution in [0.25, 0.3) is 0 Å². The molecule has 1 saturated heterocycles. The van der Waals surface area contributed by atoms with Crippen LogP contribution in [-0.2, 0) is 13.1 Å². The molecule has 15 heavy (non-hydrogen) atoms. The number of nitrogens with zero attached hydrogens (tertiary/aromatic N) is 1. The SMILES string of the molecule is CNCc1sccc1CN1CCCCC1. The lowest BCUT2D eigenvalue weighted by Gasteiger charge is -2.26. The zero-order valence-electron chi connectivity index (χ0n) is 9.46. The second-order valence-electron chi connectivity index (χ2n) is 4.24. The second kappa shape index (κ2) is 5.64. The standard InChI is InChI=1S/C12H20N2S/c1-13-9-12-11(5-8-15-12)10-14-6-3-2-4-7-14/h5,8,13H,2-4,6-7,9-10H2,1H3. The topological polar surface area (TPSA) is 15.3 Å². The third-order valence-electron chi connectivity index (χ3n) is 3.02. The quantitative estimate of drug-likeness (QED) is 0.845. The van der Waals surface area contributed by atoms with Crippen LogP contribution in [0.15, 0.2) is 11.4 Å². The fourth-order valence-corrected chi connectivity index (χ4v) is 3.09. The van der Waals surface area contributed by atoms with Crippen molar-refractivity contribution in [3.05, 3.63) is 21.9 Å². The Morgan fingerprint density at radius 3 is 2.87 bits per heavy atom. The van der Waals surface area contributed by atoms with Gasteiger partial charge in [-0.15, -0.1) is 11.3 Å². The summed E-state index contributed by atoms with van der Waals surface area (Å²) in [5, 5.41) is 5.45. The fourth-order valence-electron chi connectivity index (χ4n) is 2.18. The summed E-state index contributed by atoms with van der Waals surface area (Å²) >= 11 is 1.87. The first-order valence-corrected chi connectivity index (χ1v) is 6.70. The Morgan fingerprint density at radius 1 is 1.33 bits per heavy atom. The molecule has 0 aromatic carbocycles. The van der Waals surface area contributed by atoms with Gasteiger partial charge in [-0.25, -0.2) is 0 Å². The highest BCUT2D eigenvalue weighted by molar-refractivity contribution is 7.10. The molecule has 0 saturated carbocycles. The van der Waals surface area contributed by atoms with E-state index >= 15 is 0 Å². The highest BCUT2D eigenvalue weighted by atomic mass is 32.1. The van der Waals surface area contributed by atoms with Crippen molar-refractivity contribution in [3.63, 3.8) is 0 Å². The van der Waals surface area contributed by atoms with E-state index in [1.807, 2.05) is 18.4 Å². The van der Waals surface area contributed by atoms with E-state index in [-0.39, 0.29) is 0 Å². The third-order valence-corrected chi connectivity index (χ3v) is 3.98. The minimum Gasteiger partial charge on any atom is -0.315 e. The van der Waals surface area contributed by atoms with Crippen LogP contribution in [0, 0.1) is 0 Å². The maximum absolute atomic E-state index is 3.24. The van der Waals surface area contributed by atoms with Crippen molar-refractivity contribution in [2.75, 3.05) is 20.1 Å². The number of hydrogen-bond acceptors (Lipinski definition) is 3.